The molecule has 0 unspecified atom stereocenters. The average Bonchev–Trinajstić information content (AvgIpc) is 2.71. The highest BCUT2D eigenvalue weighted by atomic mass is 33.1. The zero-order chi connectivity index (χ0) is 11.5. The van der Waals surface area contributed by atoms with Crippen LogP contribution in [-0.2, 0) is 0 Å². The first-order valence-electron chi connectivity index (χ1n) is 4.96. The summed E-state index contributed by atoms with van der Waals surface area (Å²) in [6.45, 7) is 3.96. The van der Waals surface area contributed by atoms with Gasteiger partial charge < -0.3 is 0 Å². The number of allylic oxidation sites excluding steroid dienone is 2. The van der Waals surface area contributed by atoms with Gasteiger partial charge in [-0.05, 0) is 25.0 Å². The Hall–Kier alpha value is -1.11. The topological polar surface area (TPSA) is 23.8 Å². The van der Waals surface area contributed by atoms with Crippen molar-refractivity contribution in [3.8, 4) is 6.07 Å². The van der Waals surface area contributed by atoms with Crippen molar-refractivity contribution in [1.82, 2.24) is 0 Å². The molecule has 0 aromatic heterocycles. The molecule has 1 heterocycles. The quantitative estimate of drug-likeness (QED) is 0.533. The third-order valence-corrected chi connectivity index (χ3v) is 5.25. The van der Waals surface area contributed by atoms with E-state index in [1.807, 2.05) is 25.1 Å². The van der Waals surface area contributed by atoms with Gasteiger partial charge in [-0.3, -0.25) is 0 Å². The monoisotopic (exact) mass is 245 g/mol. The molecule has 16 heavy (non-hydrogen) atoms. The standard InChI is InChI=1S/C13H11NS2/c1-9(8-14)12-10(2)13(16-15-12)11-6-4-3-5-7-11/h3-7H,1-2H3/b12-9+. The molecule has 0 saturated heterocycles. The summed E-state index contributed by atoms with van der Waals surface area (Å²) >= 11 is 0. The van der Waals surface area contributed by atoms with E-state index in [0.717, 1.165) is 10.5 Å². The molecule has 0 aliphatic carbocycles. The molecule has 1 nitrogen and oxygen atoms in total. The summed E-state index contributed by atoms with van der Waals surface area (Å²) in [5, 5.41) is 8.92. The van der Waals surface area contributed by atoms with Crippen molar-refractivity contribution in [2.45, 2.75) is 13.8 Å². The van der Waals surface area contributed by atoms with Crippen LogP contribution in [0, 0.1) is 11.3 Å². The van der Waals surface area contributed by atoms with E-state index < -0.39 is 0 Å². The van der Waals surface area contributed by atoms with E-state index in [1.54, 1.807) is 21.6 Å². The van der Waals surface area contributed by atoms with Crippen molar-refractivity contribution in [3.05, 3.63) is 51.9 Å². The van der Waals surface area contributed by atoms with Gasteiger partial charge in [-0.25, -0.2) is 0 Å². The van der Waals surface area contributed by atoms with Crippen molar-refractivity contribution in [1.29, 1.82) is 5.26 Å². The fourth-order valence-electron chi connectivity index (χ4n) is 1.56. The largest absolute Gasteiger partial charge is 0.193 e. The number of hydrogen-bond acceptors (Lipinski definition) is 3. The van der Waals surface area contributed by atoms with E-state index in [1.165, 1.54) is 16.0 Å². The fraction of sp³-hybridized carbons (Fsp3) is 0.154. The molecular weight excluding hydrogens is 234 g/mol. The summed E-state index contributed by atoms with van der Waals surface area (Å²) in [4.78, 5) is 2.39. The minimum absolute atomic E-state index is 0.806. The Morgan fingerprint density at radius 1 is 1.19 bits per heavy atom. The lowest BCUT2D eigenvalue weighted by molar-refractivity contribution is 1.40. The SMILES string of the molecule is CC1=C(c2ccccc2)SS/C1=C(\C)C#N. The Balaban J connectivity index is 2.47. The van der Waals surface area contributed by atoms with Crippen LogP contribution < -0.4 is 0 Å². The summed E-state index contributed by atoms with van der Waals surface area (Å²) in [6, 6.07) is 12.5. The fourth-order valence-corrected chi connectivity index (χ4v) is 4.56. The summed E-state index contributed by atoms with van der Waals surface area (Å²) in [6.07, 6.45) is 0. The van der Waals surface area contributed by atoms with E-state index >= 15 is 0 Å². The molecule has 0 fully saturated rings. The molecular formula is C13H11NS2. The molecule has 1 aromatic rings. The zero-order valence-corrected chi connectivity index (χ0v) is 10.8. The van der Waals surface area contributed by atoms with Crippen molar-refractivity contribution in [3.63, 3.8) is 0 Å². The van der Waals surface area contributed by atoms with Gasteiger partial charge >= 0.3 is 0 Å². The van der Waals surface area contributed by atoms with Gasteiger partial charge in [-0.15, -0.1) is 0 Å². The van der Waals surface area contributed by atoms with Gasteiger partial charge in [0.1, 0.15) is 0 Å². The minimum Gasteiger partial charge on any atom is -0.193 e. The summed E-state index contributed by atoms with van der Waals surface area (Å²) in [5.74, 6) is 0. The number of rotatable bonds is 1. The van der Waals surface area contributed by atoms with Crippen molar-refractivity contribution >= 4 is 26.5 Å². The van der Waals surface area contributed by atoms with E-state index in [-0.39, 0.29) is 0 Å². The van der Waals surface area contributed by atoms with Crippen molar-refractivity contribution in [2.75, 3.05) is 0 Å². The average molecular weight is 245 g/mol. The van der Waals surface area contributed by atoms with E-state index in [2.05, 4.69) is 25.1 Å². The van der Waals surface area contributed by atoms with E-state index in [9.17, 15) is 0 Å². The predicted molar refractivity (Wildman–Crippen MR) is 72.5 cm³/mol. The highest BCUT2D eigenvalue weighted by Gasteiger charge is 2.21. The van der Waals surface area contributed by atoms with Gasteiger partial charge in [0.2, 0.25) is 0 Å². The van der Waals surface area contributed by atoms with Crippen LogP contribution in [0.5, 0.6) is 0 Å². The maximum Gasteiger partial charge on any atom is 0.0956 e. The first kappa shape index (κ1) is 11.4. The number of benzene rings is 1. The first-order chi connectivity index (χ1) is 7.74. The van der Waals surface area contributed by atoms with E-state index in [4.69, 9.17) is 5.26 Å². The van der Waals surface area contributed by atoms with Gasteiger partial charge in [0, 0.05) is 15.4 Å². The maximum atomic E-state index is 8.92. The molecule has 1 aromatic carbocycles. The second-order valence-corrected chi connectivity index (χ2v) is 5.70. The smallest absolute Gasteiger partial charge is 0.0956 e. The van der Waals surface area contributed by atoms with Crippen molar-refractivity contribution < 1.29 is 0 Å². The lowest BCUT2D eigenvalue weighted by atomic mass is 10.1. The summed E-state index contributed by atoms with van der Waals surface area (Å²) in [5.41, 5.74) is 3.26. The highest BCUT2D eigenvalue weighted by molar-refractivity contribution is 8.82. The Morgan fingerprint density at radius 2 is 1.88 bits per heavy atom. The van der Waals surface area contributed by atoms with Gasteiger partial charge in [0.05, 0.1) is 6.07 Å². The maximum absolute atomic E-state index is 8.92. The molecule has 1 aliphatic rings. The minimum atomic E-state index is 0.806. The predicted octanol–water partition coefficient (Wildman–Crippen LogP) is 4.61. The zero-order valence-electron chi connectivity index (χ0n) is 9.15. The normalized spacial score (nSPS) is 18.6. The second-order valence-electron chi connectivity index (χ2n) is 3.55. The molecule has 0 N–H and O–H groups in total. The van der Waals surface area contributed by atoms with E-state index in [0.29, 0.717) is 0 Å². The van der Waals surface area contributed by atoms with Gasteiger partial charge in [0.15, 0.2) is 0 Å². The lowest BCUT2D eigenvalue weighted by Crippen LogP contribution is -1.83. The molecule has 0 atom stereocenters. The molecule has 0 spiro atoms. The van der Waals surface area contributed by atoms with Gasteiger partial charge in [-0.1, -0.05) is 51.9 Å². The molecule has 3 heteroatoms. The number of nitriles is 1. The molecule has 1 aliphatic heterocycles. The van der Waals surface area contributed by atoms with Crippen LogP contribution in [0.4, 0.5) is 0 Å². The Kier molecular flexibility index (Phi) is 3.42. The Morgan fingerprint density at radius 3 is 2.50 bits per heavy atom. The summed E-state index contributed by atoms with van der Waals surface area (Å²) < 4.78 is 0. The number of hydrogen-bond donors (Lipinski definition) is 0. The van der Waals surface area contributed by atoms with Crippen LogP contribution >= 0.6 is 21.6 Å². The number of nitrogens with zero attached hydrogens (tertiary/aromatic N) is 1. The molecule has 0 bridgehead atoms. The van der Waals surface area contributed by atoms with Crippen LogP contribution in [0.2, 0.25) is 0 Å². The molecule has 0 amide bonds. The molecule has 0 radical (unpaired) electrons. The van der Waals surface area contributed by atoms with Crippen LogP contribution in [0.3, 0.4) is 0 Å². The van der Waals surface area contributed by atoms with Crippen LogP contribution in [-0.4, -0.2) is 0 Å². The lowest BCUT2D eigenvalue weighted by Gasteiger charge is -2.01. The molecule has 0 saturated carbocycles. The van der Waals surface area contributed by atoms with Gasteiger partial charge in [-0.2, -0.15) is 5.26 Å². The molecule has 2 rings (SSSR count). The second kappa shape index (κ2) is 4.82. The third kappa shape index (κ3) is 2.04. The van der Waals surface area contributed by atoms with Crippen molar-refractivity contribution in [2.24, 2.45) is 0 Å². The Labute approximate surface area is 104 Å². The highest BCUT2D eigenvalue weighted by Crippen LogP contribution is 2.54. The summed E-state index contributed by atoms with van der Waals surface area (Å²) in [7, 11) is 3.43. The molecule has 80 valence electrons. The first-order valence-corrected chi connectivity index (χ1v) is 7.11. The van der Waals surface area contributed by atoms with Crippen LogP contribution in [0.1, 0.15) is 19.4 Å². The van der Waals surface area contributed by atoms with Crippen LogP contribution in [0.15, 0.2) is 46.4 Å². The van der Waals surface area contributed by atoms with Crippen LogP contribution in [0.25, 0.3) is 4.91 Å². The third-order valence-electron chi connectivity index (χ3n) is 2.43. The Bertz CT molecular complexity index is 506. The van der Waals surface area contributed by atoms with Gasteiger partial charge in [0.25, 0.3) is 0 Å².